The Hall–Kier alpha value is -1.61. The van der Waals surface area contributed by atoms with Crippen molar-refractivity contribution in [1.29, 1.82) is 0 Å². The van der Waals surface area contributed by atoms with E-state index in [4.69, 9.17) is 0 Å². The van der Waals surface area contributed by atoms with Crippen molar-refractivity contribution in [2.75, 3.05) is 0 Å². The molecule has 4 heteroatoms. The van der Waals surface area contributed by atoms with Crippen LogP contribution in [0.5, 0.6) is 0 Å². The number of hydrogen-bond donors (Lipinski definition) is 0. The molecule has 3 aromatic rings. The first-order valence-corrected chi connectivity index (χ1v) is 13.4. The fourth-order valence-electron chi connectivity index (χ4n) is 4.05. The van der Waals surface area contributed by atoms with Gasteiger partial charge in [-0.25, -0.2) is 0 Å². The summed E-state index contributed by atoms with van der Waals surface area (Å²) in [7, 11) is 0. The molecule has 144 valence electrons. The molecule has 0 aliphatic heterocycles. The maximum Gasteiger partial charge on any atom is -1.00 e. The summed E-state index contributed by atoms with van der Waals surface area (Å²) < 4.78 is 4.73. The normalized spacial score (nSPS) is 16.6. The Kier molecular flexibility index (Phi) is 7.56. The van der Waals surface area contributed by atoms with Crippen molar-refractivity contribution in [3.8, 4) is 0 Å². The smallest absolute Gasteiger partial charge is 1.00 e. The fourth-order valence-corrected chi connectivity index (χ4v) is 10.3. The van der Waals surface area contributed by atoms with Gasteiger partial charge in [-0.2, -0.15) is 0 Å². The van der Waals surface area contributed by atoms with E-state index in [1.54, 1.807) is 14.5 Å². The van der Waals surface area contributed by atoms with Gasteiger partial charge in [0.2, 0.25) is 0 Å². The zero-order valence-corrected chi connectivity index (χ0v) is 21.0. The number of nitrogens with zero attached hydrogens (tertiary/aromatic N) is 1. The van der Waals surface area contributed by atoms with Crippen LogP contribution in [-0.2, 0) is 29.3 Å². The standard InChI is InChI=1S/C13H10N.C12H11.2ClH.Hf/c1-2-6-12-10-13(9-11(12)5-1)14-7-3-4-8-14;1-2-6-11(7-3-1)10-12-8-4-5-9-12;;;/h1-10H;1-4,6-8H,5,10H2;2*1H;/q;;;;+2/p-2. The van der Waals surface area contributed by atoms with Crippen molar-refractivity contribution in [2.24, 2.45) is 0 Å². The topological polar surface area (TPSA) is 4.93 Å². The van der Waals surface area contributed by atoms with Gasteiger partial charge in [0.15, 0.2) is 0 Å². The molecule has 0 saturated carbocycles. The molecule has 2 aliphatic carbocycles. The fraction of sp³-hybridized carbons (Fsp3) is 0.120. The second-order valence-electron chi connectivity index (χ2n) is 7.14. The minimum Gasteiger partial charge on any atom is -1.00 e. The first-order chi connectivity index (χ1) is 13.4. The Morgan fingerprint density at radius 3 is 2.38 bits per heavy atom. The van der Waals surface area contributed by atoms with Gasteiger partial charge in [0.1, 0.15) is 0 Å². The van der Waals surface area contributed by atoms with Crippen LogP contribution in [0.15, 0.2) is 100 Å². The third-order valence-electron chi connectivity index (χ3n) is 5.39. The number of fused-ring (bicyclic) bond motifs is 1. The van der Waals surface area contributed by atoms with Crippen LogP contribution in [0.4, 0.5) is 0 Å². The zero-order valence-electron chi connectivity index (χ0n) is 15.9. The van der Waals surface area contributed by atoms with E-state index in [0.717, 1.165) is 6.42 Å². The maximum absolute atomic E-state index is 2.41. The number of halogens is 2. The predicted molar refractivity (Wildman–Crippen MR) is 109 cm³/mol. The minimum atomic E-state index is -1.07. The van der Waals surface area contributed by atoms with Gasteiger partial charge in [0, 0.05) is 0 Å². The van der Waals surface area contributed by atoms with E-state index in [1.165, 1.54) is 23.2 Å². The zero-order chi connectivity index (χ0) is 18.1. The van der Waals surface area contributed by atoms with Crippen molar-refractivity contribution in [3.05, 3.63) is 117 Å². The summed E-state index contributed by atoms with van der Waals surface area (Å²) in [4.78, 5) is 0. The van der Waals surface area contributed by atoms with E-state index in [0.29, 0.717) is 3.67 Å². The monoisotopic (exact) mass is 585 g/mol. The summed E-state index contributed by atoms with van der Waals surface area (Å²) in [6, 6.07) is 24.1. The molecule has 29 heavy (non-hydrogen) atoms. The van der Waals surface area contributed by atoms with Gasteiger partial charge in [-0.15, -0.1) is 0 Å². The Morgan fingerprint density at radius 1 is 0.862 bits per heavy atom. The van der Waals surface area contributed by atoms with Gasteiger partial charge >= 0.3 is 173 Å². The Balaban J connectivity index is 0.00000120. The SMILES string of the molecule is C1=CC(Cc2ccccc2)=[C]([Hf+2][CH]2C(n3cccc3)=Cc3ccccc32)C1.[Cl-].[Cl-]. The third kappa shape index (κ3) is 4.60. The summed E-state index contributed by atoms with van der Waals surface area (Å²) in [6.07, 6.45) is 13.8. The Bertz CT molecular complexity index is 1050. The van der Waals surface area contributed by atoms with Crippen molar-refractivity contribution in [1.82, 2.24) is 4.57 Å². The minimum absolute atomic E-state index is 0. The molecule has 5 rings (SSSR count). The van der Waals surface area contributed by atoms with Gasteiger partial charge in [0.05, 0.1) is 0 Å². The molecule has 0 saturated heterocycles. The molecular weight excluding hydrogens is 564 g/mol. The predicted octanol–water partition coefficient (Wildman–Crippen LogP) is 0.0881. The number of rotatable bonds is 5. The molecule has 0 bridgehead atoms. The Labute approximate surface area is 196 Å². The average molecular weight is 585 g/mol. The summed E-state index contributed by atoms with van der Waals surface area (Å²) >= 11 is -1.07. The van der Waals surface area contributed by atoms with Crippen LogP contribution in [0.25, 0.3) is 11.8 Å². The molecular formula is C25H21Cl2HfN. The van der Waals surface area contributed by atoms with E-state index < -0.39 is 22.9 Å². The molecule has 0 spiro atoms. The molecule has 2 aromatic carbocycles. The molecule has 1 unspecified atom stereocenters. The molecule has 2 aliphatic rings. The van der Waals surface area contributed by atoms with Gasteiger partial charge in [-0.3, -0.25) is 0 Å². The van der Waals surface area contributed by atoms with E-state index in [-0.39, 0.29) is 24.8 Å². The molecule has 1 heterocycles. The molecule has 1 aromatic heterocycles. The second kappa shape index (κ2) is 9.93. The maximum atomic E-state index is 2.41. The van der Waals surface area contributed by atoms with E-state index in [1.807, 2.05) is 0 Å². The van der Waals surface area contributed by atoms with Crippen LogP contribution >= 0.6 is 0 Å². The average Bonchev–Trinajstić information content (AvgIpc) is 3.44. The van der Waals surface area contributed by atoms with Crippen LogP contribution in [-0.4, -0.2) is 4.57 Å². The summed E-state index contributed by atoms with van der Waals surface area (Å²) in [6.45, 7) is 0. The number of aromatic nitrogens is 1. The quantitative estimate of drug-likeness (QED) is 0.375. The number of allylic oxidation sites excluding steroid dienone is 5. The van der Waals surface area contributed by atoms with Crippen molar-refractivity contribution >= 4 is 11.8 Å². The van der Waals surface area contributed by atoms with Gasteiger partial charge in [-0.05, 0) is 0 Å². The van der Waals surface area contributed by atoms with Crippen molar-refractivity contribution in [2.45, 2.75) is 16.5 Å². The van der Waals surface area contributed by atoms with Gasteiger partial charge in [0.25, 0.3) is 0 Å². The second-order valence-corrected chi connectivity index (χ2v) is 12.4. The Morgan fingerprint density at radius 2 is 1.59 bits per heavy atom. The summed E-state index contributed by atoms with van der Waals surface area (Å²) in [5.74, 6) is 0. The van der Waals surface area contributed by atoms with Crippen LogP contribution in [0.1, 0.15) is 26.8 Å². The summed E-state index contributed by atoms with van der Waals surface area (Å²) in [5, 5.41) is 0. The van der Waals surface area contributed by atoms with Gasteiger partial charge in [-0.1, -0.05) is 0 Å². The van der Waals surface area contributed by atoms with Crippen LogP contribution in [0, 0.1) is 0 Å². The number of hydrogen-bond acceptors (Lipinski definition) is 0. The number of benzene rings is 2. The van der Waals surface area contributed by atoms with Crippen molar-refractivity contribution in [3.63, 3.8) is 0 Å². The van der Waals surface area contributed by atoms with Crippen LogP contribution < -0.4 is 24.8 Å². The molecule has 0 amide bonds. The first-order valence-electron chi connectivity index (χ1n) is 9.51. The van der Waals surface area contributed by atoms with Crippen LogP contribution in [0.3, 0.4) is 0 Å². The molecule has 1 nitrogen and oxygen atoms in total. The summed E-state index contributed by atoms with van der Waals surface area (Å²) in [5.41, 5.74) is 7.44. The van der Waals surface area contributed by atoms with E-state index in [2.05, 4.69) is 102 Å². The van der Waals surface area contributed by atoms with Gasteiger partial charge < -0.3 is 24.8 Å². The van der Waals surface area contributed by atoms with E-state index >= 15 is 0 Å². The first kappa shape index (κ1) is 22.1. The molecule has 0 N–H and O–H groups in total. The largest absolute Gasteiger partial charge is 1.00 e. The molecule has 0 fully saturated rings. The third-order valence-corrected chi connectivity index (χ3v) is 11.7. The van der Waals surface area contributed by atoms with Crippen molar-refractivity contribution < 1.29 is 47.7 Å². The van der Waals surface area contributed by atoms with Crippen LogP contribution in [0.2, 0.25) is 0 Å². The molecule has 0 radical (unpaired) electrons. The molecule has 1 atom stereocenters. The van der Waals surface area contributed by atoms with E-state index in [9.17, 15) is 0 Å².